The highest BCUT2D eigenvalue weighted by Gasteiger charge is 2.42. The molecular formula is C64H56N6O10. The highest BCUT2D eigenvalue weighted by atomic mass is 16.5. The first-order valence-electron chi connectivity index (χ1n) is 26.4. The van der Waals surface area contributed by atoms with Gasteiger partial charge in [-0.15, -0.1) is 0 Å². The number of aromatic nitrogens is 2. The van der Waals surface area contributed by atoms with Crippen molar-refractivity contribution in [1.29, 1.82) is 10.5 Å². The molecule has 0 radical (unpaired) electrons. The van der Waals surface area contributed by atoms with Gasteiger partial charge in [-0.25, -0.2) is 9.13 Å². The lowest BCUT2D eigenvalue weighted by Crippen LogP contribution is -2.39. The van der Waals surface area contributed by atoms with Gasteiger partial charge in [-0.2, -0.15) is 10.5 Å². The Morgan fingerprint density at radius 1 is 0.487 bits per heavy atom. The topological polar surface area (TPSA) is 188 Å². The molecule has 5 aromatic carbocycles. The predicted octanol–water partition coefficient (Wildman–Crippen LogP) is 9.09. The van der Waals surface area contributed by atoms with Crippen LogP contribution >= 0.6 is 0 Å². The summed E-state index contributed by atoms with van der Waals surface area (Å²) in [7, 11) is 6.32. The van der Waals surface area contributed by atoms with E-state index in [-0.39, 0.29) is 44.5 Å². The van der Waals surface area contributed by atoms with Crippen molar-refractivity contribution in [2.45, 2.75) is 38.5 Å². The van der Waals surface area contributed by atoms with Gasteiger partial charge >= 0.3 is 0 Å². The second-order valence-electron chi connectivity index (χ2n) is 20.1. The summed E-state index contributed by atoms with van der Waals surface area (Å²) in [5.74, 6) is 1.30. The first-order chi connectivity index (χ1) is 38.9. The molecule has 0 saturated carbocycles. The smallest absolute Gasteiger partial charge is 0.268 e. The van der Waals surface area contributed by atoms with Gasteiger partial charge in [0.1, 0.15) is 57.8 Å². The number of nitriles is 2. The first kappa shape index (κ1) is 52.6. The number of hydrogen-bond acceptors (Lipinski definition) is 14. The molecule has 2 unspecified atom stereocenters. The minimum Gasteiger partial charge on any atom is -0.497 e. The van der Waals surface area contributed by atoms with Gasteiger partial charge < -0.3 is 28.4 Å². The van der Waals surface area contributed by atoms with E-state index in [1.807, 2.05) is 84.9 Å². The van der Waals surface area contributed by atoms with Crippen LogP contribution in [0.3, 0.4) is 0 Å². The van der Waals surface area contributed by atoms with Crippen LogP contribution in [0.2, 0.25) is 0 Å². The van der Waals surface area contributed by atoms with Crippen molar-refractivity contribution < 1.29 is 28.4 Å². The fraction of sp³-hybridized carbons (Fsp3) is 0.250. The van der Waals surface area contributed by atoms with Gasteiger partial charge in [0.2, 0.25) is 11.8 Å². The van der Waals surface area contributed by atoms with Gasteiger partial charge in [0.05, 0.1) is 61.8 Å². The summed E-state index contributed by atoms with van der Waals surface area (Å²) in [6.45, 7) is 7.46. The molecule has 0 N–H and O–H groups in total. The molecule has 11 rings (SSSR count). The molecule has 4 aliphatic rings. The molecule has 0 aliphatic carbocycles. The maximum atomic E-state index is 15.1. The van der Waals surface area contributed by atoms with E-state index >= 15 is 19.2 Å². The average Bonchev–Trinajstić information content (AvgIpc) is 4.09. The van der Waals surface area contributed by atoms with Gasteiger partial charge in [-0.05, 0) is 132 Å². The minimum atomic E-state index is -0.858. The summed E-state index contributed by atoms with van der Waals surface area (Å²) >= 11 is 0. The van der Waals surface area contributed by atoms with Gasteiger partial charge in [0.15, 0.2) is 0 Å². The Balaban J connectivity index is 1.08. The normalized spacial score (nSPS) is 18.8. The summed E-state index contributed by atoms with van der Waals surface area (Å²) in [6, 6.07) is 36.8. The van der Waals surface area contributed by atoms with Crippen LogP contribution in [0.5, 0.6) is 23.0 Å². The SMILES string of the molecule is CCCN1CC2=C(OC(n3c(=O)c4cc5c(=O)n(C6=C(C#N)C(c7ccc(OC)cc7)C7=C(O6)/C(=C/c6ccc(OC)cc6)CN(CCC)C7)c(=O)c5cc4c3=O)=C(C#N)C2c2ccc(OC)cc2)/C(=C/c2ccc(OC)cc2)C1. The van der Waals surface area contributed by atoms with Gasteiger partial charge in [0.25, 0.3) is 22.2 Å². The Kier molecular flexibility index (Phi) is 14.3. The van der Waals surface area contributed by atoms with Crippen LogP contribution in [0.25, 0.3) is 45.5 Å². The van der Waals surface area contributed by atoms with Crippen LogP contribution in [-0.4, -0.2) is 86.6 Å². The molecule has 2 atom stereocenters. The molecule has 0 amide bonds. The first-order valence-corrected chi connectivity index (χ1v) is 26.4. The molecule has 6 heterocycles. The maximum absolute atomic E-state index is 15.1. The van der Waals surface area contributed by atoms with Crippen molar-refractivity contribution in [1.82, 2.24) is 18.9 Å². The molecule has 0 spiro atoms. The monoisotopic (exact) mass is 1070 g/mol. The van der Waals surface area contributed by atoms with Crippen LogP contribution < -0.4 is 41.2 Å². The maximum Gasteiger partial charge on any atom is 0.268 e. The summed E-state index contributed by atoms with van der Waals surface area (Å²) in [5, 5.41) is 21.7. The zero-order chi connectivity index (χ0) is 55.9. The minimum absolute atomic E-state index is 0.0166. The van der Waals surface area contributed by atoms with Crippen LogP contribution in [0, 0.1) is 22.7 Å². The average molecular weight is 1070 g/mol. The van der Waals surface area contributed by atoms with E-state index in [2.05, 4.69) is 35.8 Å². The zero-order valence-electron chi connectivity index (χ0n) is 45.1. The van der Waals surface area contributed by atoms with Gasteiger partial charge in [-0.3, -0.25) is 29.0 Å². The predicted molar refractivity (Wildman–Crippen MR) is 306 cm³/mol. The highest BCUT2D eigenvalue weighted by molar-refractivity contribution is 5.99. The van der Waals surface area contributed by atoms with E-state index in [1.54, 1.807) is 52.7 Å². The second kappa shape index (κ2) is 21.7. The largest absolute Gasteiger partial charge is 0.497 e. The molecule has 80 heavy (non-hydrogen) atoms. The zero-order valence-corrected chi connectivity index (χ0v) is 45.1. The molecular weight excluding hydrogens is 1010 g/mol. The van der Waals surface area contributed by atoms with Crippen molar-refractivity contribution >= 4 is 45.5 Å². The number of ether oxygens (including phenoxy) is 6. The standard InChI is InChI=1S/C64H56N6O10/c1-7-25-67-33-41(27-37-9-17-43(75-3)18-10-37)57-53(35-67)55(39-13-21-45(77-5)22-14-39)51(31-65)63(79-57)69-59(71)47-29-49-50(30-48(47)60(69)72)62(74)70(61(49)73)64-52(32-66)56(40-15-23-46(78-6)24-16-40)54-36-68(26-8-2)34-42(58(54)80-64)28-38-11-19-44(76-4)20-12-38/h9-24,27-30,55-56H,7-8,25-26,33-36H2,1-6H3/b41-27+,42-28+. The van der Waals surface area contributed by atoms with E-state index in [0.717, 1.165) is 68.5 Å². The molecule has 0 fully saturated rings. The Morgan fingerprint density at radius 3 is 1.09 bits per heavy atom. The van der Waals surface area contributed by atoms with Crippen LogP contribution in [-0.2, 0) is 9.47 Å². The van der Waals surface area contributed by atoms with Gasteiger partial charge in [-0.1, -0.05) is 62.4 Å². The van der Waals surface area contributed by atoms with Crippen LogP contribution in [0.15, 0.2) is 173 Å². The number of allylic oxidation sites excluding steroid dienone is 2. The molecule has 16 nitrogen and oxygen atoms in total. The number of benzene rings is 5. The van der Waals surface area contributed by atoms with E-state index in [9.17, 15) is 10.5 Å². The molecule has 16 heteroatoms. The lowest BCUT2D eigenvalue weighted by Gasteiger charge is -2.38. The number of methoxy groups -OCH3 is 4. The molecule has 0 saturated heterocycles. The van der Waals surface area contributed by atoms with Crippen molar-refractivity contribution in [3.8, 4) is 35.1 Å². The number of hydrogen-bond donors (Lipinski definition) is 0. The van der Waals surface area contributed by atoms with Crippen LogP contribution in [0.4, 0.5) is 0 Å². The summed E-state index contributed by atoms with van der Waals surface area (Å²) < 4.78 is 37.1. The van der Waals surface area contributed by atoms with E-state index in [0.29, 0.717) is 71.8 Å². The fourth-order valence-electron chi connectivity index (χ4n) is 11.6. The van der Waals surface area contributed by atoms with Crippen molar-refractivity contribution in [2.24, 2.45) is 0 Å². The second-order valence-corrected chi connectivity index (χ2v) is 20.1. The van der Waals surface area contributed by atoms with E-state index in [1.165, 1.54) is 12.1 Å². The van der Waals surface area contributed by atoms with Crippen molar-refractivity contribution in [2.75, 3.05) is 67.7 Å². The van der Waals surface area contributed by atoms with Gasteiger partial charge in [0, 0.05) is 37.3 Å². The third-order valence-electron chi connectivity index (χ3n) is 15.3. The van der Waals surface area contributed by atoms with Crippen LogP contribution in [0.1, 0.15) is 60.8 Å². The Bertz CT molecular complexity index is 3790. The third-order valence-corrected chi connectivity index (χ3v) is 15.3. The van der Waals surface area contributed by atoms with E-state index < -0.39 is 34.1 Å². The lowest BCUT2D eigenvalue weighted by molar-refractivity contribution is 0.259. The van der Waals surface area contributed by atoms with E-state index in [4.69, 9.17) is 28.4 Å². The Hall–Kier alpha value is -9.48. The van der Waals surface area contributed by atoms with Crippen molar-refractivity contribution in [3.05, 3.63) is 218 Å². The summed E-state index contributed by atoms with van der Waals surface area (Å²) in [5.41, 5.74) is 2.75. The molecule has 7 aromatic rings. The summed E-state index contributed by atoms with van der Waals surface area (Å²) in [6.07, 6.45) is 5.68. The molecule has 402 valence electrons. The van der Waals surface area contributed by atoms with Crippen molar-refractivity contribution in [3.63, 3.8) is 0 Å². The third kappa shape index (κ3) is 9.17. The highest BCUT2D eigenvalue weighted by Crippen LogP contribution is 2.48. The fourth-order valence-corrected chi connectivity index (χ4v) is 11.6. The number of nitrogens with zero attached hydrogens (tertiary/aromatic N) is 6. The quantitative estimate of drug-likeness (QED) is 0.100. The molecule has 4 aliphatic heterocycles. The summed E-state index contributed by atoms with van der Waals surface area (Å²) in [4.78, 5) is 64.9. The Morgan fingerprint density at radius 2 is 0.800 bits per heavy atom. The molecule has 0 bridgehead atoms. The lowest BCUT2D eigenvalue weighted by atomic mass is 9.80. The number of fused-ring (bicyclic) bond motifs is 2. The molecule has 2 aromatic heterocycles. The Labute approximate surface area is 460 Å². The number of rotatable bonds is 14.